The first kappa shape index (κ1) is 69.6. The fraction of sp³-hybridized carbons (Fsp3) is 0. The summed E-state index contributed by atoms with van der Waals surface area (Å²) in [6.07, 6.45) is 0. The molecule has 0 radical (unpaired) electrons. The van der Waals surface area contributed by atoms with E-state index < -0.39 is 0 Å². The summed E-state index contributed by atoms with van der Waals surface area (Å²) >= 11 is 24.3. The van der Waals surface area contributed by atoms with Gasteiger partial charge in [-0.25, -0.2) is 15.0 Å². The summed E-state index contributed by atoms with van der Waals surface area (Å²) < 4.78 is 7.38. The minimum Gasteiger partial charge on any atom is -0.208 e. The van der Waals surface area contributed by atoms with E-state index in [-0.39, 0.29) is 15.9 Å². The minimum atomic E-state index is 0.182. The molecule has 530 valence electrons. The molecule has 21 rings (SSSR count). The van der Waals surface area contributed by atoms with Crippen molar-refractivity contribution in [2.75, 3.05) is 0 Å². The lowest BCUT2D eigenvalue weighted by atomic mass is 9.93. The van der Waals surface area contributed by atoms with Crippen LogP contribution in [0.3, 0.4) is 0 Å². The van der Waals surface area contributed by atoms with E-state index in [1.807, 2.05) is 108 Å². The van der Waals surface area contributed by atoms with Crippen molar-refractivity contribution in [2.24, 2.45) is 0 Å². The molecule has 21 aromatic rings. The number of aromatic nitrogens is 9. The quantitative estimate of drug-likeness (QED) is 0.125. The average Bonchev–Trinajstić information content (AvgIpc) is 1.54. The molecule has 15 aromatic carbocycles. The number of thiophene rings is 3. The molecule has 0 spiro atoms. The third kappa shape index (κ3) is 14.0. The molecule has 0 bridgehead atoms. The van der Waals surface area contributed by atoms with Crippen LogP contribution in [0.5, 0.6) is 0 Å². The minimum absolute atomic E-state index is 0.182. The molecule has 0 saturated heterocycles. The number of fused-ring (bicyclic) bond motifs is 11. The Morgan fingerprint density at radius 1 is 0.170 bits per heavy atom. The first-order valence-corrected chi connectivity index (χ1v) is 39.9. The van der Waals surface area contributed by atoms with Gasteiger partial charge in [0.05, 0.1) is 0 Å². The molecule has 6 heterocycles. The van der Waals surface area contributed by atoms with Crippen LogP contribution >= 0.6 is 68.8 Å². The lowest BCUT2D eigenvalue weighted by Gasteiger charge is -2.11. The first-order chi connectivity index (χ1) is 55.2. The molecule has 0 aliphatic rings. The summed E-state index contributed by atoms with van der Waals surface area (Å²) in [7, 11) is 0. The second-order valence-corrected chi connectivity index (χ2v) is 31.0. The molecule has 0 aliphatic heterocycles. The van der Waals surface area contributed by atoms with E-state index in [0.717, 1.165) is 33.4 Å². The van der Waals surface area contributed by atoms with Crippen LogP contribution in [0, 0.1) is 0 Å². The molecule has 9 nitrogen and oxygen atoms in total. The molecule has 15 heteroatoms. The SMILES string of the molecule is Clc1nc(-c2ccccc2)nc(-c2ccc3c(c2)sc2c(-c4ccccc4)cccc23)n1.Clc1nc(-c2ccccc2)nc(-c2ccc3c(c2)sc2ccc(-c4ccccc4-c4ccccc4)cc23)n1.Clc1nc(-c2ccccc2)nc(-c2ccc3sc4cc(-c5cccc(-c6ccccc6)c5)c5ccccc5c4c3c2)n1. The van der Waals surface area contributed by atoms with Gasteiger partial charge in [-0.15, -0.1) is 34.0 Å². The van der Waals surface area contributed by atoms with Crippen LogP contribution in [0.4, 0.5) is 0 Å². The van der Waals surface area contributed by atoms with Crippen molar-refractivity contribution in [1.29, 1.82) is 0 Å². The van der Waals surface area contributed by atoms with E-state index in [1.54, 1.807) is 22.7 Å². The summed E-state index contributed by atoms with van der Waals surface area (Å²) in [5, 5.41) is 10.4. The number of hydrogen-bond acceptors (Lipinski definition) is 12. The van der Waals surface area contributed by atoms with Gasteiger partial charge in [-0.1, -0.05) is 297 Å². The molecule has 112 heavy (non-hydrogen) atoms. The molecule has 0 atom stereocenters. The second-order valence-electron chi connectivity index (χ2n) is 26.8. The zero-order valence-corrected chi connectivity index (χ0v) is 64.1. The molecule has 0 amide bonds. The topological polar surface area (TPSA) is 116 Å². The highest BCUT2D eigenvalue weighted by molar-refractivity contribution is 7.27. The molecule has 0 unspecified atom stereocenters. The van der Waals surface area contributed by atoms with Crippen LogP contribution in [-0.2, 0) is 0 Å². The third-order valence-corrected chi connectivity index (χ3v) is 23.8. The normalized spacial score (nSPS) is 11.3. The van der Waals surface area contributed by atoms with E-state index in [0.29, 0.717) is 34.9 Å². The molecule has 6 aromatic heterocycles. The number of benzene rings is 15. The molecule has 0 N–H and O–H groups in total. The highest BCUT2D eigenvalue weighted by Crippen LogP contribution is 2.47. The monoisotopic (exact) mass is 1550 g/mol. The van der Waals surface area contributed by atoms with Gasteiger partial charge in [0.2, 0.25) is 15.9 Å². The molecule has 0 fully saturated rings. The predicted octanol–water partition coefficient (Wildman–Crippen LogP) is 28.2. The largest absolute Gasteiger partial charge is 0.226 e. The number of rotatable bonds is 11. The summed E-state index contributed by atoms with van der Waals surface area (Å²) in [5.74, 6) is 3.41. The Hall–Kier alpha value is -12.9. The maximum atomic E-state index is 6.39. The standard InChI is InChI=1S/C37H22ClN3S.C33H20ClN3S.C27H16ClN3S/c38-37-40-35(24-12-5-2-6-13-24)39-36(41-37)27-18-19-32-31(21-27)34-29-17-8-7-16-28(29)30(22-33(34)42-32)26-15-9-14-25(20-26)23-10-3-1-4-11-23;34-33-36-31(22-11-5-2-6-12-22)35-32(37-33)24-15-17-27-28-19-23(16-18-29(28)38-30(27)20-24)26-14-8-7-13-25(26)21-9-3-1-4-10-21;28-27-30-25(18-10-5-2-6-11-18)29-26(31-27)19-14-15-21-22-13-7-12-20(17-8-3-1-4-9-17)24(22)32-23(21)16-19/h1-22H;1-20H;1-16H. The van der Waals surface area contributed by atoms with E-state index in [9.17, 15) is 0 Å². The van der Waals surface area contributed by atoms with Gasteiger partial charge in [0, 0.05) is 93.9 Å². The van der Waals surface area contributed by atoms with Crippen LogP contribution in [0.2, 0.25) is 15.9 Å². The Morgan fingerprint density at radius 3 is 1.06 bits per heavy atom. The molecular weight excluding hydrogens is 1490 g/mol. The second kappa shape index (κ2) is 30.5. The molecule has 0 saturated carbocycles. The Morgan fingerprint density at radius 2 is 0.518 bits per heavy atom. The molecular formula is C97H58Cl3N9S3. The van der Waals surface area contributed by atoms with Crippen molar-refractivity contribution in [3.05, 3.63) is 368 Å². The smallest absolute Gasteiger partial charge is 0.208 e. The average molecular weight is 1550 g/mol. The lowest BCUT2D eigenvalue weighted by molar-refractivity contribution is 1.07. The maximum Gasteiger partial charge on any atom is 0.226 e. The van der Waals surface area contributed by atoms with Gasteiger partial charge in [0.1, 0.15) is 0 Å². The Balaban J connectivity index is 0.000000114. The van der Waals surface area contributed by atoms with E-state index in [1.165, 1.54) is 127 Å². The van der Waals surface area contributed by atoms with Crippen LogP contribution < -0.4 is 0 Å². The summed E-state index contributed by atoms with van der Waals surface area (Å²) in [5.41, 5.74) is 17.7. The fourth-order valence-electron chi connectivity index (χ4n) is 14.6. The fourth-order valence-corrected chi connectivity index (χ4v) is 18.6. The first-order valence-electron chi connectivity index (χ1n) is 36.3. The maximum absolute atomic E-state index is 6.39. The van der Waals surface area contributed by atoms with Crippen molar-refractivity contribution >= 4 is 140 Å². The van der Waals surface area contributed by atoms with E-state index in [4.69, 9.17) is 49.8 Å². The summed E-state index contributed by atoms with van der Waals surface area (Å²) in [6, 6.07) is 122. The highest BCUT2D eigenvalue weighted by Gasteiger charge is 2.20. The van der Waals surface area contributed by atoms with Crippen molar-refractivity contribution in [3.8, 4) is 124 Å². The van der Waals surface area contributed by atoms with Crippen LogP contribution in [0.25, 0.3) is 195 Å². The van der Waals surface area contributed by atoms with Gasteiger partial charge < -0.3 is 0 Å². The van der Waals surface area contributed by atoms with Gasteiger partial charge >= 0.3 is 0 Å². The third-order valence-electron chi connectivity index (χ3n) is 19.8. The van der Waals surface area contributed by atoms with Crippen LogP contribution in [-0.4, -0.2) is 44.9 Å². The predicted molar refractivity (Wildman–Crippen MR) is 470 cm³/mol. The van der Waals surface area contributed by atoms with Gasteiger partial charge in [-0.05, 0) is 156 Å². The van der Waals surface area contributed by atoms with Crippen molar-refractivity contribution in [1.82, 2.24) is 44.9 Å². The van der Waals surface area contributed by atoms with Crippen molar-refractivity contribution in [2.45, 2.75) is 0 Å². The Kier molecular flexibility index (Phi) is 19.0. The van der Waals surface area contributed by atoms with Crippen LogP contribution in [0.1, 0.15) is 0 Å². The lowest BCUT2D eigenvalue weighted by Crippen LogP contribution is -1.97. The molecule has 0 aliphatic carbocycles. The van der Waals surface area contributed by atoms with E-state index >= 15 is 0 Å². The van der Waals surface area contributed by atoms with Gasteiger partial charge in [0.15, 0.2) is 34.9 Å². The summed E-state index contributed by atoms with van der Waals surface area (Å²) in [4.78, 5) is 40.6. The zero-order chi connectivity index (χ0) is 75.0. The number of nitrogens with zero attached hydrogens (tertiary/aromatic N) is 9. The Labute approximate surface area is 671 Å². The Bertz CT molecular complexity index is 7110. The van der Waals surface area contributed by atoms with Crippen molar-refractivity contribution in [3.63, 3.8) is 0 Å². The highest BCUT2D eigenvalue weighted by atomic mass is 35.5. The number of halogens is 3. The van der Waals surface area contributed by atoms with E-state index in [2.05, 4.69) is 285 Å². The summed E-state index contributed by atoms with van der Waals surface area (Å²) in [6.45, 7) is 0. The number of hydrogen-bond donors (Lipinski definition) is 0. The van der Waals surface area contributed by atoms with Crippen LogP contribution in [0.15, 0.2) is 352 Å². The van der Waals surface area contributed by atoms with Crippen molar-refractivity contribution < 1.29 is 0 Å². The van der Waals surface area contributed by atoms with Gasteiger partial charge in [-0.2, -0.15) is 29.9 Å². The van der Waals surface area contributed by atoms with Gasteiger partial charge in [-0.3, -0.25) is 0 Å². The zero-order valence-electron chi connectivity index (χ0n) is 59.4. The van der Waals surface area contributed by atoms with Gasteiger partial charge in [0.25, 0.3) is 0 Å².